The van der Waals surface area contributed by atoms with Gasteiger partial charge in [-0.25, -0.2) is 8.78 Å². The van der Waals surface area contributed by atoms with E-state index in [1.165, 1.54) is 23.5 Å². The molecule has 2 aromatic rings. The highest BCUT2D eigenvalue weighted by Crippen LogP contribution is 2.37. The first-order valence-corrected chi connectivity index (χ1v) is 6.63. The molecule has 1 unspecified atom stereocenters. The molecule has 5 heteroatoms. The Hall–Kier alpha value is -0.940. The Balaban J connectivity index is 2.33. The largest absolute Gasteiger partial charge is 0.496 e. The summed E-state index contributed by atoms with van der Waals surface area (Å²) in [5.41, 5.74) is 0.413. The number of halogens is 3. The van der Waals surface area contributed by atoms with Crippen molar-refractivity contribution in [2.45, 2.75) is 4.83 Å². The standard InChI is InChI=1S/C12H9BrF2OS/c1-16-8-5-11(17-6-8)12(13)9-3-2-7(14)4-10(9)15/h2-6,12H,1H3. The quantitative estimate of drug-likeness (QED) is 0.756. The van der Waals surface area contributed by atoms with Crippen molar-refractivity contribution in [3.63, 3.8) is 0 Å². The van der Waals surface area contributed by atoms with Gasteiger partial charge in [0, 0.05) is 21.9 Å². The normalized spacial score (nSPS) is 12.5. The molecular formula is C12H9BrF2OS. The average molecular weight is 319 g/mol. The zero-order valence-electron chi connectivity index (χ0n) is 8.91. The van der Waals surface area contributed by atoms with E-state index in [1.54, 1.807) is 7.11 Å². The number of rotatable bonds is 3. The summed E-state index contributed by atoms with van der Waals surface area (Å²) in [7, 11) is 1.58. The summed E-state index contributed by atoms with van der Waals surface area (Å²) >= 11 is 4.86. The molecule has 1 aromatic heterocycles. The number of hydrogen-bond donors (Lipinski definition) is 0. The molecule has 0 spiro atoms. The molecule has 0 saturated heterocycles. The Morgan fingerprint density at radius 2 is 2.06 bits per heavy atom. The van der Waals surface area contributed by atoms with Crippen LogP contribution in [-0.4, -0.2) is 7.11 Å². The summed E-state index contributed by atoms with van der Waals surface area (Å²) in [5, 5.41) is 1.84. The van der Waals surface area contributed by atoms with E-state index in [4.69, 9.17) is 4.74 Å². The van der Waals surface area contributed by atoms with E-state index in [0.29, 0.717) is 5.56 Å². The number of hydrogen-bond acceptors (Lipinski definition) is 2. The molecule has 90 valence electrons. The summed E-state index contributed by atoms with van der Waals surface area (Å²) in [5.74, 6) is -0.397. The van der Waals surface area contributed by atoms with Crippen molar-refractivity contribution in [1.29, 1.82) is 0 Å². The van der Waals surface area contributed by atoms with Gasteiger partial charge in [-0.15, -0.1) is 11.3 Å². The number of ether oxygens (including phenoxy) is 1. The van der Waals surface area contributed by atoms with Crippen LogP contribution in [0, 0.1) is 11.6 Å². The van der Waals surface area contributed by atoms with E-state index in [9.17, 15) is 8.78 Å². The molecule has 0 aliphatic carbocycles. The van der Waals surface area contributed by atoms with Crippen LogP contribution in [-0.2, 0) is 0 Å². The van der Waals surface area contributed by atoms with E-state index in [0.717, 1.165) is 16.7 Å². The summed E-state index contributed by atoms with van der Waals surface area (Å²) in [6.07, 6.45) is 0. The Labute approximate surface area is 110 Å². The minimum atomic E-state index is -0.574. The summed E-state index contributed by atoms with van der Waals surface area (Å²) < 4.78 is 31.4. The van der Waals surface area contributed by atoms with Crippen LogP contribution in [0.5, 0.6) is 5.75 Å². The van der Waals surface area contributed by atoms with Crippen molar-refractivity contribution in [3.05, 3.63) is 51.7 Å². The zero-order chi connectivity index (χ0) is 12.4. The van der Waals surface area contributed by atoms with E-state index >= 15 is 0 Å². The van der Waals surface area contributed by atoms with Gasteiger partial charge in [0.1, 0.15) is 17.4 Å². The monoisotopic (exact) mass is 318 g/mol. The molecule has 17 heavy (non-hydrogen) atoms. The van der Waals surface area contributed by atoms with Crippen molar-refractivity contribution in [3.8, 4) is 5.75 Å². The number of thiophene rings is 1. The van der Waals surface area contributed by atoms with E-state index < -0.39 is 11.6 Å². The highest BCUT2D eigenvalue weighted by molar-refractivity contribution is 9.09. The second kappa shape index (κ2) is 5.14. The molecule has 0 aliphatic heterocycles. The minimum Gasteiger partial charge on any atom is -0.496 e. The van der Waals surface area contributed by atoms with Crippen molar-refractivity contribution in [2.75, 3.05) is 7.11 Å². The molecular weight excluding hydrogens is 310 g/mol. The lowest BCUT2D eigenvalue weighted by molar-refractivity contribution is 0.416. The predicted molar refractivity (Wildman–Crippen MR) is 68.0 cm³/mol. The summed E-state index contributed by atoms with van der Waals surface area (Å²) in [6, 6.07) is 5.40. The van der Waals surface area contributed by atoms with Gasteiger partial charge in [-0.2, -0.15) is 0 Å². The lowest BCUT2D eigenvalue weighted by Gasteiger charge is -2.09. The van der Waals surface area contributed by atoms with Crippen molar-refractivity contribution in [1.82, 2.24) is 0 Å². The Morgan fingerprint density at radius 3 is 2.65 bits per heavy atom. The number of benzene rings is 1. The van der Waals surface area contributed by atoms with Gasteiger partial charge in [-0.05, 0) is 12.1 Å². The third-order valence-electron chi connectivity index (χ3n) is 2.32. The van der Waals surface area contributed by atoms with Crippen LogP contribution in [0.1, 0.15) is 15.3 Å². The smallest absolute Gasteiger partial charge is 0.130 e. The molecule has 1 nitrogen and oxygen atoms in total. The number of alkyl halides is 1. The second-order valence-electron chi connectivity index (χ2n) is 3.42. The maximum absolute atomic E-state index is 13.6. The fourth-order valence-corrected chi connectivity index (χ4v) is 3.11. The molecule has 0 N–H and O–H groups in total. The van der Waals surface area contributed by atoms with E-state index in [2.05, 4.69) is 15.9 Å². The van der Waals surface area contributed by atoms with Crippen LogP contribution in [0.3, 0.4) is 0 Å². The molecule has 0 bridgehead atoms. The van der Waals surface area contributed by atoms with Crippen molar-refractivity contribution in [2.24, 2.45) is 0 Å². The fourth-order valence-electron chi connectivity index (χ4n) is 1.43. The van der Waals surface area contributed by atoms with Crippen LogP contribution < -0.4 is 4.74 Å². The van der Waals surface area contributed by atoms with Gasteiger partial charge in [0.2, 0.25) is 0 Å². The predicted octanol–water partition coefficient (Wildman–Crippen LogP) is 4.52. The molecule has 0 radical (unpaired) electrons. The lowest BCUT2D eigenvalue weighted by Crippen LogP contribution is -1.95. The second-order valence-corrected chi connectivity index (χ2v) is 5.28. The molecule has 0 fully saturated rings. The van der Waals surface area contributed by atoms with Gasteiger partial charge in [0.05, 0.1) is 11.9 Å². The van der Waals surface area contributed by atoms with Crippen LogP contribution in [0.4, 0.5) is 8.78 Å². The maximum atomic E-state index is 13.6. The minimum absolute atomic E-state index is 0.294. The van der Waals surface area contributed by atoms with Gasteiger partial charge in [0.15, 0.2) is 0 Å². The third kappa shape index (κ3) is 2.66. The molecule has 1 atom stereocenters. The Kier molecular flexibility index (Phi) is 3.79. The van der Waals surface area contributed by atoms with Gasteiger partial charge in [-0.1, -0.05) is 22.0 Å². The van der Waals surface area contributed by atoms with Crippen molar-refractivity contribution < 1.29 is 13.5 Å². The Morgan fingerprint density at radius 1 is 1.29 bits per heavy atom. The zero-order valence-corrected chi connectivity index (χ0v) is 11.3. The van der Waals surface area contributed by atoms with Gasteiger partial charge >= 0.3 is 0 Å². The lowest BCUT2D eigenvalue weighted by atomic mass is 10.1. The van der Waals surface area contributed by atoms with Crippen LogP contribution in [0.2, 0.25) is 0 Å². The van der Waals surface area contributed by atoms with E-state index in [-0.39, 0.29) is 4.83 Å². The molecule has 0 saturated carbocycles. The van der Waals surface area contributed by atoms with Crippen LogP contribution in [0.15, 0.2) is 29.6 Å². The van der Waals surface area contributed by atoms with Gasteiger partial charge in [-0.3, -0.25) is 0 Å². The van der Waals surface area contributed by atoms with E-state index in [1.807, 2.05) is 11.4 Å². The topological polar surface area (TPSA) is 9.23 Å². The molecule has 1 heterocycles. The number of methoxy groups -OCH3 is 1. The third-order valence-corrected chi connectivity index (χ3v) is 4.58. The first-order valence-electron chi connectivity index (χ1n) is 4.83. The van der Waals surface area contributed by atoms with Gasteiger partial charge < -0.3 is 4.74 Å². The summed E-state index contributed by atoms with van der Waals surface area (Å²) in [6.45, 7) is 0. The highest BCUT2D eigenvalue weighted by atomic mass is 79.9. The Bertz CT molecular complexity index is 527. The highest BCUT2D eigenvalue weighted by Gasteiger charge is 2.17. The van der Waals surface area contributed by atoms with Gasteiger partial charge in [0.25, 0.3) is 0 Å². The molecule has 0 aliphatic rings. The SMILES string of the molecule is COc1csc(C(Br)c2ccc(F)cc2F)c1. The average Bonchev–Trinajstić information content (AvgIpc) is 2.76. The van der Waals surface area contributed by atoms with Crippen LogP contribution in [0.25, 0.3) is 0 Å². The van der Waals surface area contributed by atoms with Crippen LogP contribution >= 0.6 is 27.3 Å². The first-order chi connectivity index (χ1) is 8.11. The summed E-state index contributed by atoms with van der Waals surface area (Å²) in [4.78, 5) is 0.615. The molecule has 1 aromatic carbocycles. The van der Waals surface area contributed by atoms with Crippen molar-refractivity contribution >= 4 is 27.3 Å². The molecule has 0 amide bonds. The maximum Gasteiger partial charge on any atom is 0.130 e. The first kappa shape index (κ1) is 12.5. The fraction of sp³-hybridized carbons (Fsp3) is 0.167. The molecule has 2 rings (SSSR count).